The Balaban J connectivity index is 1.87. The zero-order valence-electron chi connectivity index (χ0n) is 16.8. The number of nitrogens with zero attached hydrogens (tertiary/aromatic N) is 4. The Morgan fingerprint density at radius 2 is 1.81 bits per heavy atom. The first-order valence-electron chi connectivity index (χ1n) is 9.52. The van der Waals surface area contributed by atoms with Crippen LogP contribution in [0.25, 0.3) is 5.69 Å². The van der Waals surface area contributed by atoms with Crippen molar-refractivity contribution in [3.8, 4) is 5.69 Å². The molecule has 0 aliphatic heterocycles. The molecule has 1 N–H and O–H groups in total. The number of esters is 1. The highest BCUT2D eigenvalue weighted by Crippen LogP contribution is 2.34. The van der Waals surface area contributed by atoms with E-state index >= 15 is 0 Å². The standard InChI is InChI=1S/C20H20F3N5O3/c1-3-11-27-16(9-10-24-27)26-18(29)13-5-7-14(8-6-13)28-17(20(21,22)23)15(12-25-28)19(30)31-4-2/h5-10,12H,3-4,11H2,1-2H3,(H,26,29). The van der Waals surface area contributed by atoms with E-state index in [9.17, 15) is 22.8 Å². The van der Waals surface area contributed by atoms with E-state index in [1.54, 1.807) is 16.9 Å². The van der Waals surface area contributed by atoms with Crippen LogP contribution in [0.5, 0.6) is 0 Å². The van der Waals surface area contributed by atoms with Gasteiger partial charge in [0.2, 0.25) is 0 Å². The van der Waals surface area contributed by atoms with E-state index in [1.165, 1.54) is 31.2 Å². The van der Waals surface area contributed by atoms with Crippen molar-refractivity contribution >= 4 is 17.7 Å². The molecule has 3 aromatic rings. The number of anilines is 1. The maximum Gasteiger partial charge on any atom is 0.434 e. The molecule has 1 amide bonds. The van der Waals surface area contributed by atoms with Gasteiger partial charge in [0.05, 0.1) is 24.7 Å². The summed E-state index contributed by atoms with van der Waals surface area (Å²) < 4.78 is 47.8. The highest BCUT2D eigenvalue weighted by atomic mass is 19.4. The molecule has 0 aliphatic rings. The lowest BCUT2D eigenvalue weighted by Crippen LogP contribution is -2.19. The molecule has 2 heterocycles. The van der Waals surface area contributed by atoms with E-state index in [2.05, 4.69) is 20.3 Å². The van der Waals surface area contributed by atoms with Crippen molar-refractivity contribution in [1.29, 1.82) is 0 Å². The molecule has 0 saturated heterocycles. The average Bonchev–Trinajstić information content (AvgIpc) is 3.36. The number of amides is 1. The lowest BCUT2D eigenvalue weighted by atomic mass is 10.2. The van der Waals surface area contributed by atoms with Crippen molar-refractivity contribution in [3.63, 3.8) is 0 Å². The summed E-state index contributed by atoms with van der Waals surface area (Å²) in [6, 6.07) is 7.02. The SMILES string of the molecule is CCCn1nccc1NC(=O)c1ccc(-n2ncc(C(=O)OCC)c2C(F)(F)F)cc1. The number of halogens is 3. The summed E-state index contributed by atoms with van der Waals surface area (Å²) in [6.45, 7) is 4.03. The summed E-state index contributed by atoms with van der Waals surface area (Å²) in [7, 11) is 0. The third-order valence-electron chi connectivity index (χ3n) is 4.30. The van der Waals surface area contributed by atoms with Crippen molar-refractivity contribution in [2.24, 2.45) is 0 Å². The lowest BCUT2D eigenvalue weighted by molar-refractivity contribution is -0.143. The number of hydrogen-bond donors (Lipinski definition) is 1. The number of aryl methyl sites for hydroxylation is 1. The molecule has 11 heteroatoms. The molecule has 0 radical (unpaired) electrons. The fourth-order valence-corrected chi connectivity index (χ4v) is 2.95. The van der Waals surface area contributed by atoms with Crippen molar-refractivity contribution in [2.75, 3.05) is 11.9 Å². The minimum atomic E-state index is -4.84. The van der Waals surface area contributed by atoms with Gasteiger partial charge in [0.25, 0.3) is 5.91 Å². The first-order chi connectivity index (χ1) is 14.8. The van der Waals surface area contributed by atoms with Crippen LogP contribution in [0.15, 0.2) is 42.7 Å². The van der Waals surface area contributed by atoms with E-state index in [0.717, 1.165) is 12.6 Å². The van der Waals surface area contributed by atoms with E-state index in [1.807, 2.05) is 6.92 Å². The Morgan fingerprint density at radius 3 is 2.42 bits per heavy atom. The summed E-state index contributed by atoms with van der Waals surface area (Å²) in [6.07, 6.45) is -1.63. The highest BCUT2D eigenvalue weighted by Gasteiger charge is 2.41. The fourth-order valence-electron chi connectivity index (χ4n) is 2.95. The molecule has 0 saturated carbocycles. The molecule has 164 valence electrons. The Labute approximate surface area is 175 Å². The Hall–Kier alpha value is -3.63. The minimum absolute atomic E-state index is 0.0375. The zero-order valence-corrected chi connectivity index (χ0v) is 16.8. The van der Waals surface area contributed by atoms with Gasteiger partial charge in [0.1, 0.15) is 11.4 Å². The zero-order chi connectivity index (χ0) is 22.6. The van der Waals surface area contributed by atoms with Gasteiger partial charge in [-0.3, -0.25) is 4.79 Å². The van der Waals surface area contributed by atoms with Crippen LogP contribution in [0.1, 0.15) is 46.7 Å². The van der Waals surface area contributed by atoms with Crippen molar-refractivity contribution in [1.82, 2.24) is 19.6 Å². The van der Waals surface area contributed by atoms with Gasteiger partial charge in [-0.05, 0) is 37.6 Å². The molecule has 0 unspecified atom stereocenters. The van der Waals surface area contributed by atoms with Crippen LogP contribution in [0, 0.1) is 0 Å². The Kier molecular flexibility index (Phi) is 6.42. The maximum atomic E-state index is 13.6. The van der Waals surface area contributed by atoms with E-state index in [-0.39, 0.29) is 17.9 Å². The molecule has 2 aromatic heterocycles. The minimum Gasteiger partial charge on any atom is -0.462 e. The number of carbonyl (C=O) groups excluding carboxylic acids is 2. The van der Waals surface area contributed by atoms with Gasteiger partial charge < -0.3 is 10.1 Å². The van der Waals surface area contributed by atoms with Gasteiger partial charge in [-0.25, -0.2) is 14.2 Å². The van der Waals surface area contributed by atoms with E-state index in [4.69, 9.17) is 0 Å². The van der Waals surface area contributed by atoms with Crippen LogP contribution in [-0.2, 0) is 17.5 Å². The monoisotopic (exact) mass is 435 g/mol. The number of benzene rings is 1. The molecule has 0 spiro atoms. The third kappa shape index (κ3) is 4.76. The Morgan fingerprint density at radius 1 is 1.10 bits per heavy atom. The number of hydrogen-bond acceptors (Lipinski definition) is 5. The molecule has 0 atom stereocenters. The predicted octanol–water partition coefficient (Wildman–Crippen LogP) is 3.93. The van der Waals surface area contributed by atoms with Crippen LogP contribution in [0.4, 0.5) is 19.0 Å². The van der Waals surface area contributed by atoms with Gasteiger partial charge in [0.15, 0.2) is 5.69 Å². The number of rotatable bonds is 7. The molecular weight excluding hydrogens is 415 g/mol. The maximum absolute atomic E-state index is 13.6. The van der Waals surface area contributed by atoms with Crippen LogP contribution in [0.2, 0.25) is 0 Å². The van der Waals surface area contributed by atoms with Gasteiger partial charge >= 0.3 is 12.1 Å². The first kappa shape index (κ1) is 22.1. The second kappa shape index (κ2) is 9.02. The van der Waals surface area contributed by atoms with Crippen LogP contribution in [0.3, 0.4) is 0 Å². The second-order valence-electron chi connectivity index (χ2n) is 6.48. The number of aromatic nitrogens is 4. The van der Waals surface area contributed by atoms with Gasteiger partial charge in [-0.2, -0.15) is 23.4 Å². The molecule has 1 aromatic carbocycles. The molecule has 0 bridgehead atoms. The van der Waals surface area contributed by atoms with Crippen LogP contribution < -0.4 is 5.32 Å². The van der Waals surface area contributed by atoms with Crippen LogP contribution >= 0.6 is 0 Å². The van der Waals surface area contributed by atoms with Crippen molar-refractivity contribution in [2.45, 2.75) is 33.0 Å². The van der Waals surface area contributed by atoms with E-state index < -0.39 is 29.3 Å². The molecule has 8 nitrogen and oxygen atoms in total. The average molecular weight is 435 g/mol. The summed E-state index contributed by atoms with van der Waals surface area (Å²) in [5.74, 6) is -1.03. The fraction of sp³-hybridized carbons (Fsp3) is 0.300. The number of nitrogens with one attached hydrogen (secondary N) is 1. The lowest BCUT2D eigenvalue weighted by Gasteiger charge is -2.13. The molecular formula is C20H20F3N5O3. The topological polar surface area (TPSA) is 91.0 Å². The quantitative estimate of drug-likeness (QED) is 0.568. The number of carbonyl (C=O) groups is 2. The largest absolute Gasteiger partial charge is 0.462 e. The molecule has 0 fully saturated rings. The molecule has 3 rings (SSSR count). The molecule has 31 heavy (non-hydrogen) atoms. The first-order valence-corrected chi connectivity index (χ1v) is 9.52. The summed E-state index contributed by atoms with van der Waals surface area (Å²) >= 11 is 0. The van der Waals surface area contributed by atoms with Crippen LogP contribution in [-0.4, -0.2) is 38.0 Å². The van der Waals surface area contributed by atoms with Gasteiger partial charge in [-0.15, -0.1) is 0 Å². The smallest absolute Gasteiger partial charge is 0.434 e. The number of alkyl halides is 3. The highest BCUT2D eigenvalue weighted by molar-refractivity contribution is 6.03. The third-order valence-corrected chi connectivity index (χ3v) is 4.30. The predicted molar refractivity (Wildman–Crippen MR) is 105 cm³/mol. The number of ether oxygens (including phenoxy) is 1. The Bertz CT molecular complexity index is 1070. The normalized spacial score (nSPS) is 11.4. The van der Waals surface area contributed by atoms with Gasteiger partial charge in [-0.1, -0.05) is 6.92 Å². The summed E-state index contributed by atoms with van der Waals surface area (Å²) in [5.41, 5.74) is -1.65. The summed E-state index contributed by atoms with van der Waals surface area (Å²) in [5, 5.41) is 10.5. The second-order valence-corrected chi connectivity index (χ2v) is 6.48. The summed E-state index contributed by atoms with van der Waals surface area (Å²) in [4.78, 5) is 24.4. The van der Waals surface area contributed by atoms with Gasteiger partial charge in [0, 0.05) is 18.2 Å². The van der Waals surface area contributed by atoms with Crippen molar-refractivity contribution in [3.05, 3.63) is 59.5 Å². The molecule has 0 aliphatic carbocycles. The van der Waals surface area contributed by atoms with E-state index in [0.29, 0.717) is 17.0 Å². The van der Waals surface area contributed by atoms with Crippen molar-refractivity contribution < 1.29 is 27.5 Å².